The maximum Gasteiger partial charge on any atom is 0.281 e. The van der Waals surface area contributed by atoms with Crippen LogP contribution < -0.4 is 11.0 Å². The lowest BCUT2D eigenvalue weighted by molar-refractivity contribution is -0.121. The van der Waals surface area contributed by atoms with Crippen molar-refractivity contribution in [3.8, 4) is 0 Å². The van der Waals surface area contributed by atoms with Crippen molar-refractivity contribution in [3.63, 3.8) is 0 Å². The lowest BCUT2D eigenvalue weighted by Crippen LogP contribution is -2.46. The number of carbonyl (C=O) groups is 3. The van der Waals surface area contributed by atoms with Crippen molar-refractivity contribution in [2.45, 2.75) is 18.6 Å². The molecule has 0 radical (unpaired) electrons. The third kappa shape index (κ3) is 5.26. The Bertz CT molecular complexity index is 1710. The summed E-state index contributed by atoms with van der Waals surface area (Å²) in [5, 5.41) is 1.52. The van der Waals surface area contributed by atoms with Crippen LogP contribution in [0.1, 0.15) is 31.8 Å². The molecule has 0 fully saturated rings. The topological polar surface area (TPSA) is 101 Å². The second-order valence-corrected chi connectivity index (χ2v) is 12.7. The Morgan fingerprint density at radius 3 is 2.13 bits per heavy atom. The second kappa shape index (κ2) is 11.3. The van der Waals surface area contributed by atoms with Gasteiger partial charge >= 0.3 is 0 Å². The van der Waals surface area contributed by atoms with E-state index in [0.29, 0.717) is 39.0 Å². The van der Waals surface area contributed by atoms with Crippen molar-refractivity contribution in [2.75, 3.05) is 5.75 Å². The molecule has 39 heavy (non-hydrogen) atoms. The summed E-state index contributed by atoms with van der Waals surface area (Å²) >= 11 is 14.5. The number of imide groups is 1. The monoisotopic (exact) mass is 796 g/mol. The Hall–Kier alpha value is -2.32. The largest absolute Gasteiger partial charge is 0.283 e. The first kappa shape index (κ1) is 28.2. The Morgan fingerprint density at radius 2 is 1.51 bits per heavy atom. The highest BCUT2D eigenvalue weighted by Gasteiger charge is 2.42. The van der Waals surface area contributed by atoms with E-state index in [4.69, 9.17) is 0 Å². The molecule has 13 heteroatoms. The number of fused-ring (bicyclic) bond motifs is 2. The molecule has 3 aromatic carbocycles. The minimum atomic E-state index is -0.672. The fourth-order valence-electron chi connectivity index (χ4n) is 4.07. The zero-order valence-corrected chi connectivity index (χ0v) is 27.1. The van der Waals surface area contributed by atoms with Gasteiger partial charge in [-0.3, -0.25) is 29.2 Å². The van der Waals surface area contributed by atoms with E-state index in [0.717, 1.165) is 22.9 Å². The highest BCUT2D eigenvalue weighted by Crippen LogP contribution is 2.45. The molecule has 4 aromatic rings. The maximum absolute atomic E-state index is 13.5. The van der Waals surface area contributed by atoms with Gasteiger partial charge in [0.2, 0.25) is 5.91 Å². The second-order valence-electron chi connectivity index (χ2n) is 8.57. The summed E-state index contributed by atoms with van der Waals surface area (Å²) in [6.45, 7) is 2.17. The van der Waals surface area contributed by atoms with Crippen LogP contribution in [0.25, 0.3) is 10.9 Å². The average Bonchev–Trinajstić information content (AvgIpc) is 3.17. The number of benzene rings is 3. The third-order valence-electron chi connectivity index (χ3n) is 5.93. The number of hydrazine groups is 1. The van der Waals surface area contributed by atoms with Crippen molar-refractivity contribution in [1.29, 1.82) is 0 Å². The predicted molar refractivity (Wildman–Crippen MR) is 163 cm³/mol. The van der Waals surface area contributed by atoms with Crippen LogP contribution in [0, 0.1) is 6.92 Å². The summed E-state index contributed by atoms with van der Waals surface area (Å²) in [6.07, 6.45) is 0. The van der Waals surface area contributed by atoms with Crippen LogP contribution in [0.2, 0.25) is 0 Å². The molecule has 1 aromatic heterocycles. The van der Waals surface area contributed by atoms with Gasteiger partial charge in [0.1, 0.15) is 0 Å². The molecular formula is C26H16Br4N4O4S. The van der Waals surface area contributed by atoms with Crippen molar-refractivity contribution in [3.05, 3.63) is 99.0 Å². The van der Waals surface area contributed by atoms with Gasteiger partial charge in [-0.1, -0.05) is 53.7 Å². The predicted octanol–water partition coefficient (Wildman–Crippen LogP) is 6.22. The van der Waals surface area contributed by atoms with E-state index in [9.17, 15) is 19.2 Å². The van der Waals surface area contributed by atoms with E-state index in [1.807, 2.05) is 43.3 Å². The molecule has 0 spiro atoms. The number of aromatic nitrogens is 2. The quantitative estimate of drug-likeness (QED) is 0.0818. The maximum atomic E-state index is 13.5. The number of halogens is 4. The molecule has 0 atom stereocenters. The van der Waals surface area contributed by atoms with Crippen LogP contribution in [0.3, 0.4) is 0 Å². The Balaban J connectivity index is 1.41. The van der Waals surface area contributed by atoms with E-state index >= 15 is 0 Å². The molecule has 8 nitrogen and oxygen atoms in total. The van der Waals surface area contributed by atoms with Crippen molar-refractivity contribution in [1.82, 2.24) is 20.0 Å². The Labute approximate surface area is 260 Å². The van der Waals surface area contributed by atoms with E-state index in [-0.39, 0.29) is 29.0 Å². The SMILES string of the molecule is Cc1ccc2nc(SCC(=O)NN3C(=O)c4c(Br)c(Br)c(Br)c(Br)c4C3=O)n(Cc3ccccc3)c(=O)c2c1. The first-order valence-corrected chi connectivity index (χ1v) is 15.5. The molecular weight excluding hydrogens is 784 g/mol. The average molecular weight is 800 g/mol. The number of hydrogen-bond donors (Lipinski definition) is 1. The van der Waals surface area contributed by atoms with Crippen LogP contribution in [-0.2, 0) is 11.3 Å². The molecule has 1 aliphatic rings. The van der Waals surface area contributed by atoms with Crippen LogP contribution in [-0.4, -0.2) is 38.0 Å². The van der Waals surface area contributed by atoms with Crippen molar-refractivity contribution < 1.29 is 14.4 Å². The van der Waals surface area contributed by atoms with Gasteiger partial charge < -0.3 is 0 Å². The summed E-state index contributed by atoms with van der Waals surface area (Å²) in [5.74, 6) is -2.14. The van der Waals surface area contributed by atoms with Gasteiger partial charge in [0, 0.05) is 17.9 Å². The molecule has 198 valence electrons. The van der Waals surface area contributed by atoms with Gasteiger partial charge in [-0.05, 0) is 88.3 Å². The Kier molecular flexibility index (Phi) is 8.16. The zero-order valence-electron chi connectivity index (χ0n) is 19.9. The summed E-state index contributed by atoms with van der Waals surface area (Å²) in [7, 11) is 0. The van der Waals surface area contributed by atoms with Crippen LogP contribution in [0.15, 0.2) is 76.4 Å². The molecule has 1 aliphatic heterocycles. The first-order chi connectivity index (χ1) is 18.6. The van der Waals surface area contributed by atoms with Crippen LogP contribution in [0.5, 0.6) is 0 Å². The van der Waals surface area contributed by atoms with E-state index < -0.39 is 17.7 Å². The smallest absolute Gasteiger partial charge is 0.281 e. The first-order valence-electron chi connectivity index (χ1n) is 11.3. The van der Waals surface area contributed by atoms with Crippen LogP contribution in [0.4, 0.5) is 0 Å². The number of thioether (sulfide) groups is 1. The molecule has 5 rings (SSSR count). The lowest BCUT2D eigenvalue weighted by Gasteiger charge is -2.16. The number of aryl methyl sites for hydroxylation is 1. The van der Waals surface area contributed by atoms with E-state index in [1.54, 1.807) is 12.1 Å². The lowest BCUT2D eigenvalue weighted by atomic mass is 10.1. The zero-order chi connectivity index (χ0) is 28.0. The number of carbonyl (C=O) groups excluding carboxylic acids is 3. The molecule has 0 saturated heterocycles. The highest BCUT2D eigenvalue weighted by molar-refractivity contribution is 9.15. The fourth-order valence-corrected chi connectivity index (χ4v) is 7.32. The summed E-state index contributed by atoms with van der Waals surface area (Å²) < 4.78 is 3.40. The number of rotatable bonds is 6. The molecule has 0 unspecified atom stereocenters. The van der Waals surface area contributed by atoms with Gasteiger partial charge in [0.15, 0.2) is 5.16 Å². The van der Waals surface area contributed by atoms with Gasteiger partial charge in [-0.25, -0.2) is 4.98 Å². The summed E-state index contributed by atoms with van der Waals surface area (Å²) in [6, 6.07) is 14.9. The van der Waals surface area contributed by atoms with Crippen molar-refractivity contribution >= 4 is 104 Å². The number of nitrogens with zero attached hydrogens (tertiary/aromatic N) is 3. The summed E-state index contributed by atoms with van der Waals surface area (Å²) in [4.78, 5) is 57.2. The Morgan fingerprint density at radius 1 is 0.897 bits per heavy atom. The van der Waals surface area contributed by atoms with E-state index in [2.05, 4.69) is 74.1 Å². The van der Waals surface area contributed by atoms with Crippen LogP contribution >= 0.6 is 75.5 Å². The number of nitrogens with one attached hydrogen (secondary N) is 1. The highest BCUT2D eigenvalue weighted by atomic mass is 79.9. The minimum Gasteiger partial charge on any atom is -0.283 e. The van der Waals surface area contributed by atoms with Crippen molar-refractivity contribution in [2.24, 2.45) is 0 Å². The normalized spacial score (nSPS) is 12.8. The third-order valence-corrected chi connectivity index (χ3v) is 11.7. The molecule has 0 aliphatic carbocycles. The molecule has 0 saturated carbocycles. The molecule has 0 bridgehead atoms. The van der Waals surface area contributed by atoms with Gasteiger partial charge in [-0.2, -0.15) is 5.01 Å². The fraction of sp³-hybridized carbons (Fsp3) is 0.115. The van der Waals surface area contributed by atoms with Gasteiger partial charge in [0.05, 0.1) is 34.3 Å². The minimum absolute atomic E-state index is 0.123. The van der Waals surface area contributed by atoms with E-state index in [1.165, 1.54) is 4.57 Å². The van der Waals surface area contributed by atoms with Gasteiger partial charge in [0.25, 0.3) is 17.4 Å². The van der Waals surface area contributed by atoms with Gasteiger partial charge in [-0.15, -0.1) is 0 Å². The number of hydrogen-bond acceptors (Lipinski definition) is 6. The number of amides is 3. The summed E-state index contributed by atoms with van der Waals surface area (Å²) in [5.41, 5.74) is 4.79. The molecule has 1 N–H and O–H groups in total. The molecule has 3 amide bonds. The molecule has 2 heterocycles. The standard InChI is InChI=1S/C26H16Br4N4O4S/c1-12-7-8-15-14(9-12)23(36)33(10-13-5-3-2-4-6-13)26(31-15)39-11-16(35)32-34-24(37)17-18(25(34)38)20(28)22(30)21(29)19(17)27/h2-9H,10-11H2,1H3,(H,32,35).